The van der Waals surface area contributed by atoms with Gasteiger partial charge in [-0.3, -0.25) is 14.6 Å². The first-order valence-electron chi connectivity index (χ1n) is 11.2. The summed E-state index contributed by atoms with van der Waals surface area (Å²) in [4.78, 5) is 31.9. The lowest BCUT2D eigenvalue weighted by atomic mass is 9.74. The van der Waals surface area contributed by atoms with Crippen molar-refractivity contribution >= 4 is 11.8 Å². The summed E-state index contributed by atoms with van der Waals surface area (Å²) in [5, 5.41) is 2.84. The number of carbonyl (C=O) groups excluding carboxylic acids is 2. The predicted octanol–water partition coefficient (Wildman–Crippen LogP) is 3.97. The summed E-state index contributed by atoms with van der Waals surface area (Å²) >= 11 is 0. The Balaban J connectivity index is 1.54. The first-order chi connectivity index (χ1) is 16.0. The molecule has 2 amide bonds. The topological polar surface area (TPSA) is 71.5 Å². The number of methoxy groups -OCH3 is 1. The second-order valence-corrected chi connectivity index (χ2v) is 8.53. The molecule has 0 aliphatic carbocycles. The van der Waals surface area contributed by atoms with Crippen molar-refractivity contribution in [3.8, 4) is 16.9 Å². The Labute approximate surface area is 194 Å². The quantitative estimate of drug-likeness (QED) is 0.626. The fourth-order valence-corrected chi connectivity index (χ4v) is 4.65. The normalized spacial score (nSPS) is 17.9. The van der Waals surface area contributed by atoms with Gasteiger partial charge >= 0.3 is 0 Å². The van der Waals surface area contributed by atoms with Crippen molar-refractivity contribution in [1.29, 1.82) is 0 Å². The number of carbonyl (C=O) groups is 2. The number of hydrogen-bond acceptors (Lipinski definition) is 4. The maximum Gasteiger partial charge on any atom is 0.253 e. The Morgan fingerprint density at radius 1 is 1.00 bits per heavy atom. The Kier molecular flexibility index (Phi) is 6.73. The van der Waals surface area contributed by atoms with E-state index in [0.29, 0.717) is 25.1 Å². The molecule has 2 aromatic carbocycles. The molecule has 0 spiro atoms. The Bertz CT molecular complexity index is 1100. The van der Waals surface area contributed by atoms with Crippen molar-refractivity contribution in [1.82, 2.24) is 15.2 Å². The van der Waals surface area contributed by atoms with E-state index in [1.807, 2.05) is 24.3 Å². The number of amides is 2. The van der Waals surface area contributed by atoms with Crippen molar-refractivity contribution in [2.75, 3.05) is 27.2 Å². The average molecular weight is 444 g/mol. The van der Waals surface area contributed by atoms with Crippen molar-refractivity contribution in [3.05, 3.63) is 84.2 Å². The van der Waals surface area contributed by atoms with Crippen LogP contribution in [0, 0.1) is 5.41 Å². The maximum absolute atomic E-state index is 13.1. The molecule has 2 heterocycles. The van der Waals surface area contributed by atoms with Crippen LogP contribution in [0.3, 0.4) is 0 Å². The van der Waals surface area contributed by atoms with E-state index < -0.39 is 5.41 Å². The SMILES string of the molecule is CNC(=O)[C@]1(Cc2ccc(-c3ccc(OC)cc3)cc2)CCCN(C(=O)c2ccncc2)C1. The highest BCUT2D eigenvalue weighted by Crippen LogP contribution is 2.35. The number of likely N-dealkylation sites (tertiary alicyclic amines) is 1. The fraction of sp³-hybridized carbons (Fsp3) is 0.296. The molecule has 0 radical (unpaired) electrons. The summed E-state index contributed by atoms with van der Waals surface area (Å²) in [5.74, 6) is 0.750. The molecule has 1 fully saturated rings. The highest BCUT2D eigenvalue weighted by Gasteiger charge is 2.43. The van der Waals surface area contributed by atoms with Crippen LogP contribution in [0.5, 0.6) is 5.75 Å². The molecule has 0 bridgehead atoms. The summed E-state index contributed by atoms with van der Waals surface area (Å²) < 4.78 is 5.24. The largest absolute Gasteiger partial charge is 0.497 e. The average Bonchev–Trinajstić information content (AvgIpc) is 2.89. The third-order valence-corrected chi connectivity index (χ3v) is 6.42. The van der Waals surface area contributed by atoms with Crippen LogP contribution in [-0.4, -0.2) is 48.9 Å². The van der Waals surface area contributed by atoms with Crippen molar-refractivity contribution in [2.24, 2.45) is 5.41 Å². The second kappa shape index (κ2) is 9.86. The summed E-state index contributed by atoms with van der Waals surface area (Å²) in [6.07, 6.45) is 5.35. The number of aromatic nitrogens is 1. The van der Waals surface area contributed by atoms with Crippen molar-refractivity contribution in [3.63, 3.8) is 0 Å². The smallest absolute Gasteiger partial charge is 0.253 e. The fourth-order valence-electron chi connectivity index (χ4n) is 4.65. The van der Waals surface area contributed by atoms with Crippen LogP contribution in [0.25, 0.3) is 11.1 Å². The van der Waals surface area contributed by atoms with Gasteiger partial charge in [0.25, 0.3) is 5.91 Å². The van der Waals surface area contributed by atoms with E-state index in [4.69, 9.17) is 4.74 Å². The molecule has 33 heavy (non-hydrogen) atoms. The third kappa shape index (κ3) is 4.90. The van der Waals surface area contributed by atoms with E-state index >= 15 is 0 Å². The number of benzene rings is 2. The first-order valence-corrected chi connectivity index (χ1v) is 11.2. The highest BCUT2D eigenvalue weighted by molar-refractivity contribution is 5.95. The molecule has 1 aliphatic heterocycles. The van der Waals surface area contributed by atoms with E-state index in [0.717, 1.165) is 35.3 Å². The Morgan fingerprint density at radius 3 is 2.24 bits per heavy atom. The number of rotatable bonds is 6. The van der Waals surface area contributed by atoms with Crippen LogP contribution < -0.4 is 10.1 Å². The summed E-state index contributed by atoms with van der Waals surface area (Å²) in [6, 6.07) is 19.7. The standard InChI is InChI=1S/C27H29N3O3/c1-28-26(32)27(14-3-17-30(19-27)25(31)23-12-15-29-16-13-23)18-20-4-6-21(7-5-20)22-8-10-24(33-2)11-9-22/h4-13,15-16H,3,14,17-19H2,1-2H3,(H,28,32)/t27-/m0/s1. The van der Waals surface area contributed by atoms with E-state index in [1.165, 1.54) is 0 Å². The number of hydrogen-bond donors (Lipinski definition) is 1. The number of nitrogens with one attached hydrogen (secondary N) is 1. The second-order valence-electron chi connectivity index (χ2n) is 8.53. The molecule has 1 aliphatic rings. The Hall–Kier alpha value is -3.67. The molecular weight excluding hydrogens is 414 g/mol. The minimum absolute atomic E-state index is 0.0195. The van der Waals surface area contributed by atoms with Gasteiger partial charge < -0.3 is 15.0 Å². The van der Waals surface area contributed by atoms with E-state index in [-0.39, 0.29) is 11.8 Å². The van der Waals surface area contributed by atoms with Crippen LogP contribution in [0.15, 0.2) is 73.1 Å². The van der Waals surface area contributed by atoms with Crippen molar-refractivity contribution < 1.29 is 14.3 Å². The minimum Gasteiger partial charge on any atom is -0.497 e. The van der Waals surface area contributed by atoms with Gasteiger partial charge in [0.15, 0.2) is 0 Å². The molecule has 1 aromatic heterocycles. The Morgan fingerprint density at radius 2 is 1.64 bits per heavy atom. The van der Waals surface area contributed by atoms with Crippen molar-refractivity contribution in [2.45, 2.75) is 19.3 Å². The number of ether oxygens (including phenoxy) is 1. The van der Waals surface area contributed by atoms with E-state index in [1.54, 1.807) is 43.6 Å². The van der Waals surface area contributed by atoms with Gasteiger partial charge in [-0.05, 0) is 60.2 Å². The molecule has 0 unspecified atom stereocenters. The van der Waals surface area contributed by atoms with Gasteiger partial charge in [0.2, 0.25) is 5.91 Å². The van der Waals surface area contributed by atoms with Crippen LogP contribution >= 0.6 is 0 Å². The summed E-state index contributed by atoms with van der Waals surface area (Å²) in [7, 11) is 3.32. The molecule has 170 valence electrons. The molecule has 1 N–H and O–H groups in total. The molecule has 6 heteroatoms. The molecule has 0 saturated carbocycles. The van der Waals surface area contributed by atoms with Crippen LogP contribution in [-0.2, 0) is 11.2 Å². The van der Waals surface area contributed by atoms with Gasteiger partial charge in [0.05, 0.1) is 12.5 Å². The van der Waals surface area contributed by atoms with Gasteiger partial charge in [0, 0.05) is 38.1 Å². The van der Waals surface area contributed by atoms with Gasteiger partial charge in [-0.2, -0.15) is 0 Å². The van der Waals surface area contributed by atoms with E-state index in [2.05, 4.69) is 34.6 Å². The maximum atomic E-state index is 13.1. The molecule has 4 rings (SSSR count). The summed E-state index contributed by atoms with van der Waals surface area (Å²) in [5.41, 5.74) is 3.23. The molecular formula is C27H29N3O3. The zero-order valence-corrected chi connectivity index (χ0v) is 19.1. The van der Waals surface area contributed by atoms with Gasteiger partial charge in [-0.25, -0.2) is 0 Å². The highest BCUT2D eigenvalue weighted by atomic mass is 16.5. The zero-order valence-electron chi connectivity index (χ0n) is 19.1. The summed E-state index contributed by atoms with van der Waals surface area (Å²) in [6.45, 7) is 1.05. The molecule has 1 saturated heterocycles. The molecule has 6 nitrogen and oxygen atoms in total. The zero-order chi connectivity index (χ0) is 23.3. The molecule has 3 aromatic rings. The van der Waals surface area contributed by atoms with Gasteiger partial charge in [0.1, 0.15) is 5.75 Å². The first kappa shape index (κ1) is 22.5. The molecule has 1 atom stereocenters. The minimum atomic E-state index is -0.655. The lowest BCUT2D eigenvalue weighted by Crippen LogP contribution is -2.54. The van der Waals surface area contributed by atoms with Crippen LogP contribution in [0.2, 0.25) is 0 Å². The van der Waals surface area contributed by atoms with Gasteiger partial charge in [-0.15, -0.1) is 0 Å². The van der Waals surface area contributed by atoms with Gasteiger partial charge in [-0.1, -0.05) is 36.4 Å². The third-order valence-electron chi connectivity index (χ3n) is 6.42. The van der Waals surface area contributed by atoms with Crippen LogP contribution in [0.4, 0.5) is 0 Å². The number of nitrogens with zero attached hydrogens (tertiary/aromatic N) is 2. The van der Waals surface area contributed by atoms with E-state index in [9.17, 15) is 9.59 Å². The van der Waals surface area contributed by atoms with Crippen LogP contribution in [0.1, 0.15) is 28.8 Å². The number of pyridine rings is 1. The number of piperidine rings is 1. The predicted molar refractivity (Wildman–Crippen MR) is 128 cm³/mol. The monoisotopic (exact) mass is 443 g/mol. The lowest BCUT2D eigenvalue weighted by molar-refractivity contribution is -0.133. The lowest BCUT2D eigenvalue weighted by Gasteiger charge is -2.41.